The van der Waals surface area contributed by atoms with Gasteiger partial charge in [-0.2, -0.15) is 0 Å². The zero-order valence-corrected chi connectivity index (χ0v) is 8.83. The first-order valence-corrected chi connectivity index (χ1v) is 4.53. The molecule has 1 aromatic rings. The maximum Gasteiger partial charge on any atom is 0.321 e. The van der Waals surface area contributed by atoms with E-state index in [1.807, 2.05) is 19.1 Å². The van der Waals surface area contributed by atoms with Crippen molar-refractivity contribution < 1.29 is 9.53 Å². The number of nitrogens with one attached hydrogen (secondary N) is 2. The number of amides is 2. The molecule has 0 atom stereocenters. The number of methoxy groups -OCH3 is 1. The molecule has 4 N–H and O–H groups in total. The van der Waals surface area contributed by atoms with Gasteiger partial charge >= 0.3 is 6.03 Å². The number of nitrogens with two attached hydrogens (primary N) is 1. The van der Waals surface area contributed by atoms with Gasteiger partial charge in [-0.05, 0) is 24.6 Å². The number of nitrogen functional groups attached to an aromatic ring is 1. The Bertz CT molecular complexity index is 353. The summed E-state index contributed by atoms with van der Waals surface area (Å²) in [7, 11) is 1.50. The Morgan fingerprint density at radius 1 is 1.53 bits per heavy atom. The molecular weight excluding hydrogens is 194 g/mol. The Hall–Kier alpha value is -1.75. The van der Waals surface area contributed by atoms with Crippen LogP contribution >= 0.6 is 0 Å². The summed E-state index contributed by atoms with van der Waals surface area (Å²) in [5, 5.41) is 5.13. The number of aryl methyl sites for hydroxylation is 1. The summed E-state index contributed by atoms with van der Waals surface area (Å²) in [4.78, 5) is 11.3. The fraction of sp³-hybridized carbons (Fsp3) is 0.300. The van der Waals surface area contributed by atoms with E-state index in [-0.39, 0.29) is 12.8 Å². The van der Waals surface area contributed by atoms with Gasteiger partial charge in [0.15, 0.2) is 0 Å². The highest BCUT2D eigenvalue weighted by Gasteiger charge is 2.03. The van der Waals surface area contributed by atoms with Crippen LogP contribution in [0.4, 0.5) is 16.2 Å². The maximum atomic E-state index is 11.3. The molecule has 5 nitrogen and oxygen atoms in total. The predicted octanol–water partition coefficient (Wildman–Crippen LogP) is 1.30. The molecule has 0 fully saturated rings. The number of ether oxygens (including phenoxy) is 1. The first-order valence-electron chi connectivity index (χ1n) is 4.53. The van der Waals surface area contributed by atoms with Gasteiger partial charge < -0.3 is 21.1 Å². The molecule has 0 bridgehead atoms. The Morgan fingerprint density at radius 2 is 2.27 bits per heavy atom. The van der Waals surface area contributed by atoms with Crippen LogP contribution in [0.15, 0.2) is 18.2 Å². The smallest absolute Gasteiger partial charge is 0.321 e. The summed E-state index contributed by atoms with van der Waals surface area (Å²) in [6.07, 6.45) is 0. The molecule has 15 heavy (non-hydrogen) atoms. The molecule has 0 aromatic heterocycles. The van der Waals surface area contributed by atoms with E-state index >= 15 is 0 Å². The van der Waals surface area contributed by atoms with E-state index in [1.54, 1.807) is 6.07 Å². The van der Waals surface area contributed by atoms with Gasteiger partial charge in [0.1, 0.15) is 6.73 Å². The van der Waals surface area contributed by atoms with Gasteiger partial charge in [0.25, 0.3) is 0 Å². The van der Waals surface area contributed by atoms with Crippen LogP contribution in [0.3, 0.4) is 0 Å². The molecule has 1 rings (SSSR count). The number of carbonyl (C=O) groups excluding carboxylic acids is 1. The van der Waals surface area contributed by atoms with Crippen LogP contribution in [0.1, 0.15) is 5.56 Å². The normalized spacial score (nSPS) is 9.73. The Labute approximate surface area is 88.6 Å². The van der Waals surface area contributed by atoms with Crippen LogP contribution in [-0.4, -0.2) is 19.9 Å². The molecule has 82 valence electrons. The summed E-state index contributed by atoms with van der Waals surface area (Å²) in [5.74, 6) is 0. The van der Waals surface area contributed by atoms with E-state index in [1.165, 1.54) is 7.11 Å². The fourth-order valence-electron chi connectivity index (χ4n) is 1.08. The molecule has 0 aliphatic carbocycles. The molecule has 2 amide bonds. The molecule has 0 spiro atoms. The Kier molecular flexibility index (Phi) is 3.93. The molecule has 0 aliphatic heterocycles. The summed E-state index contributed by atoms with van der Waals surface area (Å²) >= 11 is 0. The minimum atomic E-state index is -0.339. The van der Waals surface area contributed by atoms with Gasteiger partial charge in [-0.15, -0.1) is 0 Å². The molecule has 0 heterocycles. The van der Waals surface area contributed by atoms with Crippen LogP contribution in [0.2, 0.25) is 0 Å². The Morgan fingerprint density at radius 3 is 2.93 bits per heavy atom. The zero-order chi connectivity index (χ0) is 11.3. The molecule has 0 unspecified atom stereocenters. The van der Waals surface area contributed by atoms with Gasteiger partial charge in [-0.1, -0.05) is 6.07 Å². The van der Waals surface area contributed by atoms with Crippen molar-refractivity contribution in [3.8, 4) is 0 Å². The molecule has 0 radical (unpaired) electrons. The number of hydrogen-bond acceptors (Lipinski definition) is 3. The monoisotopic (exact) mass is 209 g/mol. The van der Waals surface area contributed by atoms with Gasteiger partial charge in [0.2, 0.25) is 0 Å². The van der Waals surface area contributed by atoms with Crippen LogP contribution in [0, 0.1) is 6.92 Å². The van der Waals surface area contributed by atoms with Crippen molar-refractivity contribution in [2.45, 2.75) is 6.92 Å². The standard InChI is InChI=1S/C10H15N3O2/c1-7-3-4-8(11)9(5-7)13-10(14)12-6-15-2/h3-5H,6,11H2,1-2H3,(H2,12,13,14). The highest BCUT2D eigenvalue weighted by molar-refractivity contribution is 5.92. The maximum absolute atomic E-state index is 11.3. The minimum absolute atomic E-state index is 0.164. The third-order valence-electron chi connectivity index (χ3n) is 1.83. The van der Waals surface area contributed by atoms with E-state index in [0.717, 1.165) is 5.56 Å². The van der Waals surface area contributed by atoms with E-state index in [9.17, 15) is 4.79 Å². The van der Waals surface area contributed by atoms with Crippen LogP contribution in [0.25, 0.3) is 0 Å². The molecule has 0 saturated heterocycles. The molecule has 0 saturated carbocycles. The van der Waals surface area contributed by atoms with E-state index < -0.39 is 0 Å². The minimum Gasteiger partial charge on any atom is -0.397 e. The number of rotatable bonds is 3. The van der Waals surface area contributed by atoms with Crippen molar-refractivity contribution in [2.75, 3.05) is 24.9 Å². The van der Waals surface area contributed by atoms with Gasteiger partial charge in [-0.3, -0.25) is 0 Å². The molecular formula is C10H15N3O2. The highest BCUT2D eigenvalue weighted by Crippen LogP contribution is 2.19. The van der Waals surface area contributed by atoms with Crippen molar-refractivity contribution in [1.29, 1.82) is 0 Å². The van der Waals surface area contributed by atoms with E-state index in [4.69, 9.17) is 10.5 Å². The first-order chi connectivity index (χ1) is 7.13. The number of carbonyl (C=O) groups is 1. The van der Waals surface area contributed by atoms with Crippen molar-refractivity contribution >= 4 is 17.4 Å². The quantitative estimate of drug-likeness (QED) is 0.518. The van der Waals surface area contributed by atoms with Crippen molar-refractivity contribution in [2.24, 2.45) is 0 Å². The SMILES string of the molecule is COCNC(=O)Nc1cc(C)ccc1N. The van der Waals surface area contributed by atoms with Crippen LogP contribution in [0.5, 0.6) is 0 Å². The van der Waals surface area contributed by atoms with Gasteiger partial charge in [0, 0.05) is 7.11 Å². The third kappa shape index (κ3) is 3.47. The molecule has 0 aliphatic rings. The average molecular weight is 209 g/mol. The summed E-state index contributed by atoms with van der Waals surface area (Å²) in [5.41, 5.74) is 7.86. The first kappa shape index (κ1) is 11.3. The number of hydrogen-bond donors (Lipinski definition) is 3. The molecule has 5 heteroatoms. The lowest BCUT2D eigenvalue weighted by molar-refractivity contribution is 0.177. The van der Waals surface area contributed by atoms with E-state index in [0.29, 0.717) is 11.4 Å². The average Bonchev–Trinajstić information content (AvgIpc) is 2.20. The van der Waals surface area contributed by atoms with Crippen molar-refractivity contribution in [3.63, 3.8) is 0 Å². The fourth-order valence-corrected chi connectivity index (χ4v) is 1.08. The van der Waals surface area contributed by atoms with Crippen molar-refractivity contribution in [1.82, 2.24) is 5.32 Å². The molecule has 1 aromatic carbocycles. The number of anilines is 2. The lowest BCUT2D eigenvalue weighted by atomic mass is 10.2. The highest BCUT2D eigenvalue weighted by atomic mass is 16.5. The van der Waals surface area contributed by atoms with Crippen LogP contribution in [-0.2, 0) is 4.74 Å². The number of urea groups is 1. The largest absolute Gasteiger partial charge is 0.397 e. The van der Waals surface area contributed by atoms with E-state index in [2.05, 4.69) is 10.6 Å². The Balaban J connectivity index is 2.63. The summed E-state index contributed by atoms with van der Waals surface area (Å²) in [6.45, 7) is 2.09. The summed E-state index contributed by atoms with van der Waals surface area (Å²) in [6, 6.07) is 5.10. The predicted molar refractivity (Wildman–Crippen MR) is 59.6 cm³/mol. The second-order valence-electron chi connectivity index (χ2n) is 3.15. The number of benzene rings is 1. The lowest BCUT2D eigenvalue weighted by Crippen LogP contribution is -2.30. The van der Waals surface area contributed by atoms with Gasteiger partial charge in [-0.25, -0.2) is 4.79 Å². The van der Waals surface area contributed by atoms with Crippen LogP contribution < -0.4 is 16.4 Å². The second kappa shape index (κ2) is 5.21. The third-order valence-corrected chi connectivity index (χ3v) is 1.83. The zero-order valence-electron chi connectivity index (χ0n) is 8.83. The van der Waals surface area contributed by atoms with Crippen molar-refractivity contribution in [3.05, 3.63) is 23.8 Å². The van der Waals surface area contributed by atoms with Gasteiger partial charge in [0.05, 0.1) is 11.4 Å². The lowest BCUT2D eigenvalue weighted by Gasteiger charge is -2.09. The second-order valence-corrected chi connectivity index (χ2v) is 3.15. The summed E-state index contributed by atoms with van der Waals surface area (Å²) < 4.78 is 4.70. The topological polar surface area (TPSA) is 76.4 Å².